The van der Waals surface area contributed by atoms with Gasteiger partial charge < -0.3 is 9.21 Å². The predicted octanol–water partition coefficient (Wildman–Crippen LogP) is 6.04. The van der Waals surface area contributed by atoms with Crippen LogP contribution in [0.4, 0.5) is 18.9 Å². The van der Waals surface area contributed by atoms with E-state index in [4.69, 9.17) is 9.21 Å². The van der Waals surface area contributed by atoms with E-state index in [0.717, 1.165) is 23.5 Å². The summed E-state index contributed by atoms with van der Waals surface area (Å²) < 4.78 is 44.5. The summed E-state index contributed by atoms with van der Waals surface area (Å²) in [4.78, 5) is 26.7. The summed E-state index contributed by atoms with van der Waals surface area (Å²) in [5.41, 5.74) is 1.61. The summed E-state index contributed by atoms with van der Waals surface area (Å²) in [7, 11) is 0.410. The van der Waals surface area contributed by atoms with Gasteiger partial charge in [0.25, 0.3) is 0 Å². The Morgan fingerprint density at radius 2 is 1.77 bits per heavy atom. The molecule has 2 aromatic heterocycles. The minimum atomic E-state index is -4.49. The molecular weight excluding hydrogens is 577 g/mol. The van der Waals surface area contributed by atoms with Crippen LogP contribution in [0.1, 0.15) is 50.7 Å². The van der Waals surface area contributed by atoms with Crippen molar-refractivity contribution in [2.24, 2.45) is 0 Å². The molecule has 8 nitrogen and oxygen atoms in total. The summed E-state index contributed by atoms with van der Waals surface area (Å²) in [5.74, 6) is 1.81. The zero-order valence-corrected chi connectivity index (χ0v) is 25.2. The molecule has 0 saturated carbocycles. The third-order valence-corrected chi connectivity index (χ3v) is 7.45. The van der Waals surface area contributed by atoms with Crippen molar-refractivity contribution in [1.82, 2.24) is 15.2 Å². The molecule has 222 valence electrons. The maximum atomic E-state index is 13.4. The van der Waals surface area contributed by atoms with Crippen molar-refractivity contribution < 1.29 is 27.2 Å². The number of anilines is 1. The molecule has 0 fully saturated rings. The van der Waals surface area contributed by atoms with E-state index < -0.39 is 17.2 Å². The van der Waals surface area contributed by atoms with Crippen LogP contribution in [0.25, 0.3) is 22.6 Å². The number of benzene rings is 2. The molecule has 13 heteroatoms. The Labute approximate surface area is 250 Å². The van der Waals surface area contributed by atoms with Gasteiger partial charge in [-0.3, -0.25) is 0 Å². The third-order valence-electron chi connectivity index (χ3n) is 6.49. The molecular formula is C30H30BF3N5O3P. The second-order valence-corrected chi connectivity index (χ2v) is 11.0. The molecule has 1 atom stereocenters. The van der Waals surface area contributed by atoms with E-state index in [2.05, 4.69) is 21.3 Å². The monoisotopic (exact) mass is 607 g/mol. The van der Waals surface area contributed by atoms with Crippen molar-refractivity contribution in [3.63, 3.8) is 0 Å². The number of carbonyl (C=O) groups is 2. The van der Waals surface area contributed by atoms with E-state index in [0.29, 0.717) is 44.7 Å². The van der Waals surface area contributed by atoms with Crippen LogP contribution in [-0.2, 0) is 27.7 Å². The van der Waals surface area contributed by atoms with Gasteiger partial charge in [-0.2, -0.15) is 5.26 Å². The van der Waals surface area contributed by atoms with Crippen molar-refractivity contribution in [3.8, 4) is 28.7 Å². The SMILES string of the molecule is C=O.CCCC(=O)N(Cc1ccc(-c2cbc(C(F)(F)F)nc2)cc1)c1cc(-c2nnc(C(C)(C)C#N)o2)ccc1PC. The van der Waals surface area contributed by atoms with E-state index >= 15 is 0 Å². The molecule has 0 aliphatic heterocycles. The molecule has 1 unspecified atom stereocenters. The first-order valence-electron chi connectivity index (χ1n) is 13.3. The van der Waals surface area contributed by atoms with Crippen LogP contribution >= 0.6 is 8.58 Å². The van der Waals surface area contributed by atoms with Crippen LogP contribution in [0, 0.1) is 11.3 Å². The molecule has 0 N–H and O–H groups in total. The fraction of sp³-hybridized carbons (Fsp3) is 0.300. The van der Waals surface area contributed by atoms with Gasteiger partial charge in [0.05, 0.1) is 6.07 Å². The van der Waals surface area contributed by atoms with Crippen LogP contribution < -0.4 is 10.2 Å². The minimum absolute atomic E-state index is 0.0444. The number of carbonyl (C=O) groups excluding carboxylic acids is 2. The van der Waals surface area contributed by atoms with Gasteiger partial charge in [-0.05, 0) is 13.8 Å². The van der Waals surface area contributed by atoms with Crippen molar-refractivity contribution in [3.05, 3.63) is 71.7 Å². The Hall–Kier alpha value is -4.23. The number of aromatic nitrogens is 3. The van der Waals surface area contributed by atoms with Gasteiger partial charge >= 0.3 is 188 Å². The average molecular weight is 607 g/mol. The zero-order valence-electron chi connectivity index (χ0n) is 24.2. The molecule has 2 aromatic carbocycles. The number of alkyl halides is 3. The van der Waals surface area contributed by atoms with E-state index in [1.165, 1.54) is 12.2 Å². The molecule has 0 spiro atoms. The van der Waals surface area contributed by atoms with E-state index in [-0.39, 0.29) is 17.7 Å². The molecule has 0 bridgehead atoms. The number of nitriles is 1. The summed E-state index contributed by atoms with van der Waals surface area (Å²) in [5, 5.41) is 18.6. The molecule has 0 saturated heterocycles. The topological polar surface area (TPSA) is 113 Å². The standard InChI is InChI=1S/C29H28BF3N5O2P.CH2O/c1-5-6-24(39)38(16-18-7-9-19(10-8-18)21-14-30-26(35-15-21)29(31,32)33)22-13-20(11-12-23(22)41-4)25-36-37-27(40-25)28(2,3)17-34;1-2/h7-15,41H,5-6,16H2,1-4H3;1H2. The van der Waals surface area contributed by atoms with Gasteiger partial charge in [-0.1, -0.05) is 0 Å². The second kappa shape index (κ2) is 14.3. The summed E-state index contributed by atoms with van der Waals surface area (Å²) >= 11 is 0. The summed E-state index contributed by atoms with van der Waals surface area (Å²) in [6, 6.07) is 15.1. The van der Waals surface area contributed by atoms with Gasteiger partial charge in [-0.15, -0.1) is 10.2 Å². The van der Waals surface area contributed by atoms with E-state index in [9.17, 15) is 23.2 Å². The maximum absolute atomic E-state index is 13.4. The fourth-order valence-corrected chi connectivity index (χ4v) is 4.83. The van der Waals surface area contributed by atoms with Crippen molar-refractivity contribution in [2.75, 3.05) is 11.6 Å². The van der Waals surface area contributed by atoms with Crippen molar-refractivity contribution in [1.29, 1.82) is 5.26 Å². The third kappa shape index (κ3) is 7.99. The molecule has 0 aliphatic carbocycles. The molecule has 4 aromatic rings. The predicted molar refractivity (Wildman–Crippen MR) is 161 cm³/mol. The zero-order chi connectivity index (χ0) is 31.8. The Bertz CT molecular complexity index is 1590. The number of nitrogens with zero attached hydrogens (tertiary/aromatic N) is 5. The van der Waals surface area contributed by atoms with Crippen molar-refractivity contribution >= 4 is 39.2 Å². The number of amides is 1. The first kappa shape index (κ1) is 33.3. The normalized spacial score (nSPS) is 11.5. The molecule has 1 amide bonds. The summed E-state index contributed by atoms with van der Waals surface area (Å²) in [6.07, 6.45) is -2.26. The fourth-order valence-electron chi connectivity index (χ4n) is 4.11. The van der Waals surface area contributed by atoms with Crippen LogP contribution in [0.2, 0.25) is 0 Å². The summed E-state index contributed by atoms with van der Waals surface area (Å²) in [6.45, 7) is 10.6. The van der Waals surface area contributed by atoms with Gasteiger partial charge in [0.2, 0.25) is 5.89 Å². The van der Waals surface area contributed by atoms with Crippen LogP contribution in [0.5, 0.6) is 0 Å². The molecule has 43 heavy (non-hydrogen) atoms. The van der Waals surface area contributed by atoms with Crippen LogP contribution in [0.15, 0.2) is 59.0 Å². The Kier molecular flexibility index (Phi) is 11.1. The van der Waals surface area contributed by atoms with Gasteiger partial charge in [0.1, 0.15) is 12.2 Å². The number of hydrogen-bond acceptors (Lipinski definition) is 7. The van der Waals surface area contributed by atoms with Gasteiger partial charge in [-0.25, -0.2) is 0 Å². The molecule has 0 radical (unpaired) electrons. The first-order chi connectivity index (χ1) is 20.5. The number of halogens is 3. The van der Waals surface area contributed by atoms with E-state index in [1.54, 1.807) is 30.9 Å². The van der Waals surface area contributed by atoms with Crippen LogP contribution in [0.3, 0.4) is 0 Å². The number of hydrogen-bond donors (Lipinski definition) is 0. The molecule has 0 aliphatic rings. The van der Waals surface area contributed by atoms with Crippen LogP contribution in [-0.4, -0.2) is 41.5 Å². The van der Waals surface area contributed by atoms with E-state index in [1.807, 2.05) is 50.7 Å². The first-order valence-corrected chi connectivity index (χ1v) is 14.8. The Balaban J connectivity index is 0.00000248. The van der Waals surface area contributed by atoms with Gasteiger partial charge in [0.15, 0.2) is 0 Å². The number of rotatable bonds is 9. The van der Waals surface area contributed by atoms with Gasteiger partial charge in [0, 0.05) is 0 Å². The quantitative estimate of drug-likeness (QED) is 0.213. The molecule has 2 heterocycles. The average Bonchev–Trinajstić information content (AvgIpc) is 3.52. The Morgan fingerprint density at radius 1 is 1.09 bits per heavy atom. The second-order valence-electron chi connectivity index (χ2n) is 9.99. The molecule has 4 rings (SSSR count). The van der Waals surface area contributed by atoms with Crippen molar-refractivity contribution in [2.45, 2.75) is 51.7 Å². The Morgan fingerprint density at radius 3 is 2.33 bits per heavy atom.